The average Bonchev–Trinajstić information content (AvgIpc) is 2.52. The molecule has 0 aliphatic heterocycles. The summed E-state index contributed by atoms with van der Waals surface area (Å²) in [6.45, 7) is 0. The second-order valence-electron chi connectivity index (χ2n) is 6.19. The molecule has 0 saturated heterocycles. The Morgan fingerprint density at radius 1 is 0.500 bits per heavy atom. The normalized spacial score (nSPS) is 13.6. The zero-order valence-corrected chi connectivity index (χ0v) is 14.2. The van der Waals surface area contributed by atoms with E-state index in [2.05, 4.69) is 0 Å². The molecule has 0 bridgehead atoms. The molecule has 0 spiro atoms. The Morgan fingerprint density at radius 2 is 0.833 bits per heavy atom. The molecule has 0 radical (unpaired) electrons. The van der Waals surface area contributed by atoms with E-state index in [0.717, 1.165) is 0 Å². The Hall–Kier alpha value is -2.60. The minimum absolute atomic E-state index is 0.151. The maximum Gasteiger partial charge on any atom is 0.418 e. The smallest absolute Gasteiger partial charge is 0.398 e. The van der Waals surface area contributed by atoms with Gasteiger partial charge in [-0.2, -0.15) is 52.7 Å². The maximum absolute atomic E-state index is 13.0. The number of nitrogen functional groups attached to an aromatic ring is 1. The molecule has 0 heterocycles. The van der Waals surface area contributed by atoms with E-state index >= 15 is 0 Å². The summed E-state index contributed by atoms with van der Waals surface area (Å²) in [6, 6.07) is 0.517. The van der Waals surface area contributed by atoms with Crippen LogP contribution in [-0.4, -0.2) is 0 Å². The van der Waals surface area contributed by atoms with Gasteiger partial charge in [-0.05, 0) is 47.9 Å². The first-order valence-electron chi connectivity index (χ1n) is 7.65. The van der Waals surface area contributed by atoms with Crippen LogP contribution in [-0.2, 0) is 31.1 Å². The quantitative estimate of drug-likeness (QED) is 0.386. The van der Waals surface area contributed by atoms with E-state index in [4.69, 9.17) is 5.73 Å². The third kappa shape index (κ3) is 5.30. The predicted octanol–water partition coefficient (Wildman–Crippen LogP) is 6.93. The molecule has 0 aliphatic carbocycles. The second-order valence-corrected chi connectivity index (χ2v) is 6.19. The first-order chi connectivity index (χ1) is 13.3. The van der Waals surface area contributed by atoms with E-state index in [1.54, 1.807) is 0 Å². The molecule has 0 aromatic heterocycles. The summed E-state index contributed by atoms with van der Waals surface area (Å²) >= 11 is 0. The van der Waals surface area contributed by atoms with Crippen LogP contribution in [0.2, 0.25) is 0 Å². The van der Waals surface area contributed by atoms with Crippen LogP contribution in [0.15, 0.2) is 30.3 Å². The van der Waals surface area contributed by atoms with E-state index in [-0.39, 0.29) is 30.3 Å². The van der Waals surface area contributed by atoms with Crippen LogP contribution < -0.4 is 5.73 Å². The zero-order valence-electron chi connectivity index (χ0n) is 14.2. The second kappa shape index (κ2) is 7.27. The minimum Gasteiger partial charge on any atom is -0.398 e. The zero-order chi connectivity index (χ0) is 23.3. The van der Waals surface area contributed by atoms with E-state index in [1.807, 2.05) is 0 Å². The van der Waals surface area contributed by atoms with Gasteiger partial charge in [-0.25, -0.2) is 0 Å². The standard InChI is InChI=1S/C17H9F12N/c18-14(19,20)9-2-7(3-10(6-9)15(21,22)23)1-8-4-11(16(24,25)26)13(30)12(5-8)17(27,28)29/h2-6H,1,30H2. The molecular formula is C17H9F12N. The highest BCUT2D eigenvalue weighted by atomic mass is 19.4. The van der Waals surface area contributed by atoms with Crippen molar-refractivity contribution < 1.29 is 52.7 Å². The molecule has 2 N–H and O–H groups in total. The topological polar surface area (TPSA) is 26.0 Å². The molecule has 0 amide bonds. The van der Waals surface area contributed by atoms with Gasteiger partial charge >= 0.3 is 24.7 Å². The van der Waals surface area contributed by atoms with Gasteiger partial charge in [0.1, 0.15) is 0 Å². The van der Waals surface area contributed by atoms with Gasteiger partial charge in [-0.15, -0.1) is 0 Å². The monoisotopic (exact) mass is 455 g/mol. The Balaban J connectivity index is 2.67. The fourth-order valence-electron chi connectivity index (χ4n) is 2.64. The van der Waals surface area contributed by atoms with Gasteiger partial charge in [0, 0.05) is 0 Å². The highest BCUT2D eigenvalue weighted by molar-refractivity contribution is 5.58. The van der Waals surface area contributed by atoms with Gasteiger partial charge in [-0.3, -0.25) is 0 Å². The molecule has 0 unspecified atom stereocenters. The molecule has 30 heavy (non-hydrogen) atoms. The fourth-order valence-corrected chi connectivity index (χ4v) is 2.64. The molecule has 1 nitrogen and oxygen atoms in total. The molecule has 2 aromatic rings. The molecule has 0 aliphatic rings. The van der Waals surface area contributed by atoms with E-state index < -0.39 is 70.2 Å². The van der Waals surface area contributed by atoms with Gasteiger partial charge < -0.3 is 5.73 Å². The number of halogens is 12. The molecule has 0 saturated carbocycles. The van der Waals surface area contributed by atoms with Crippen LogP contribution in [0.5, 0.6) is 0 Å². The SMILES string of the molecule is Nc1c(C(F)(F)F)cc(Cc2cc(C(F)(F)F)cc(C(F)(F)F)c2)cc1C(F)(F)F. The Kier molecular flexibility index (Phi) is 5.74. The Bertz CT molecular complexity index is 864. The van der Waals surface area contributed by atoms with Crippen LogP contribution in [0.3, 0.4) is 0 Å². The van der Waals surface area contributed by atoms with Crippen LogP contribution in [0.1, 0.15) is 33.4 Å². The average molecular weight is 455 g/mol. The van der Waals surface area contributed by atoms with Crippen LogP contribution in [0.25, 0.3) is 0 Å². The van der Waals surface area contributed by atoms with Gasteiger partial charge in [0.05, 0.1) is 27.9 Å². The van der Waals surface area contributed by atoms with Gasteiger partial charge in [0.15, 0.2) is 0 Å². The van der Waals surface area contributed by atoms with E-state index in [9.17, 15) is 52.7 Å². The number of nitrogens with two attached hydrogens (primary N) is 1. The first kappa shape index (κ1) is 23.7. The highest BCUT2D eigenvalue weighted by Crippen LogP contribution is 2.43. The molecular weight excluding hydrogens is 446 g/mol. The van der Waals surface area contributed by atoms with Gasteiger partial charge in [-0.1, -0.05) is 0 Å². The van der Waals surface area contributed by atoms with Crippen molar-refractivity contribution in [3.8, 4) is 0 Å². The molecule has 13 heteroatoms. The molecule has 0 atom stereocenters. The van der Waals surface area contributed by atoms with Crippen molar-refractivity contribution in [2.75, 3.05) is 5.73 Å². The maximum atomic E-state index is 13.0. The molecule has 2 rings (SSSR count). The number of anilines is 1. The van der Waals surface area contributed by atoms with Crippen LogP contribution in [0.4, 0.5) is 58.4 Å². The van der Waals surface area contributed by atoms with Crippen LogP contribution in [0, 0.1) is 0 Å². The molecule has 0 fully saturated rings. The van der Waals surface area contributed by atoms with Crippen molar-refractivity contribution in [2.24, 2.45) is 0 Å². The van der Waals surface area contributed by atoms with Crippen molar-refractivity contribution in [3.05, 3.63) is 63.7 Å². The van der Waals surface area contributed by atoms with Gasteiger partial charge in [0.25, 0.3) is 0 Å². The lowest BCUT2D eigenvalue weighted by atomic mass is 9.95. The predicted molar refractivity (Wildman–Crippen MR) is 80.1 cm³/mol. The number of benzene rings is 2. The number of hydrogen-bond donors (Lipinski definition) is 1. The van der Waals surface area contributed by atoms with Crippen molar-refractivity contribution in [1.82, 2.24) is 0 Å². The minimum atomic E-state index is -5.34. The first-order valence-corrected chi connectivity index (χ1v) is 7.65. The third-order valence-electron chi connectivity index (χ3n) is 3.91. The highest BCUT2D eigenvalue weighted by Gasteiger charge is 2.41. The summed E-state index contributed by atoms with van der Waals surface area (Å²) in [7, 11) is 0. The number of hydrogen-bond acceptors (Lipinski definition) is 1. The van der Waals surface area contributed by atoms with E-state index in [1.165, 1.54) is 0 Å². The molecule has 166 valence electrons. The summed E-state index contributed by atoms with van der Waals surface area (Å²) < 4.78 is 156. The number of alkyl halides is 12. The lowest BCUT2D eigenvalue weighted by Gasteiger charge is -2.19. The van der Waals surface area contributed by atoms with Gasteiger partial charge in [0.2, 0.25) is 0 Å². The van der Waals surface area contributed by atoms with Crippen LogP contribution >= 0.6 is 0 Å². The lowest BCUT2D eigenvalue weighted by molar-refractivity contribution is -0.144. The van der Waals surface area contributed by atoms with Crippen molar-refractivity contribution in [1.29, 1.82) is 0 Å². The summed E-state index contributed by atoms with van der Waals surface area (Å²) in [6.07, 6.45) is -22.2. The Morgan fingerprint density at radius 3 is 1.13 bits per heavy atom. The summed E-state index contributed by atoms with van der Waals surface area (Å²) in [5, 5.41) is 0. The van der Waals surface area contributed by atoms with E-state index in [0.29, 0.717) is 0 Å². The summed E-state index contributed by atoms with van der Waals surface area (Å²) in [5.74, 6) is 0. The molecule has 2 aromatic carbocycles. The summed E-state index contributed by atoms with van der Waals surface area (Å²) in [4.78, 5) is 0. The summed E-state index contributed by atoms with van der Waals surface area (Å²) in [5.41, 5.74) is -5.65. The largest absolute Gasteiger partial charge is 0.418 e. The van der Waals surface area contributed by atoms with Crippen molar-refractivity contribution in [3.63, 3.8) is 0 Å². The third-order valence-corrected chi connectivity index (χ3v) is 3.91. The van der Waals surface area contributed by atoms with Crippen molar-refractivity contribution >= 4 is 5.69 Å². The lowest BCUT2D eigenvalue weighted by Crippen LogP contribution is -2.17. The number of rotatable bonds is 2. The van der Waals surface area contributed by atoms with Crippen molar-refractivity contribution in [2.45, 2.75) is 31.1 Å². The fraction of sp³-hybridized carbons (Fsp3) is 0.294. The Labute approximate surface area is 160 Å².